The van der Waals surface area contributed by atoms with Gasteiger partial charge in [-0.3, -0.25) is 14.4 Å². The Balaban J connectivity index is 1.36. The summed E-state index contributed by atoms with van der Waals surface area (Å²) in [4.78, 5) is 39.3. The molecular weight excluding hydrogens is 588 g/mol. The highest BCUT2D eigenvalue weighted by atomic mass is 19.2. The zero-order valence-corrected chi connectivity index (χ0v) is 25.8. The molecule has 1 unspecified atom stereocenters. The average Bonchev–Trinajstić information content (AvgIpc) is 3.22. The summed E-state index contributed by atoms with van der Waals surface area (Å²) in [6.07, 6.45) is 3.53. The van der Waals surface area contributed by atoms with Crippen molar-refractivity contribution in [3.8, 4) is 5.75 Å². The zero-order valence-electron chi connectivity index (χ0n) is 25.8. The number of nitrogens with one attached hydrogen (secondary N) is 2. The van der Waals surface area contributed by atoms with Crippen molar-refractivity contribution in [3.05, 3.63) is 93.1 Å². The molecular formula is C35H34F4N2O4. The van der Waals surface area contributed by atoms with Gasteiger partial charge in [0, 0.05) is 6.42 Å². The first-order chi connectivity index (χ1) is 20.9. The number of hydrogen-bond acceptors (Lipinski definition) is 5. The predicted molar refractivity (Wildman–Crippen MR) is 164 cm³/mol. The van der Waals surface area contributed by atoms with E-state index in [0.717, 1.165) is 16.7 Å². The minimum atomic E-state index is -2.16. The number of fused-ring (bicyclic) bond motifs is 2. The maximum Gasteiger partial charge on any atom is 0.224 e. The largest absolute Gasteiger partial charge is 0.507 e. The van der Waals surface area contributed by atoms with E-state index in [1.165, 1.54) is 6.08 Å². The van der Waals surface area contributed by atoms with E-state index >= 15 is 0 Å². The van der Waals surface area contributed by atoms with E-state index in [0.29, 0.717) is 23.4 Å². The van der Waals surface area contributed by atoms with Crippen LogP contribution in [-0.4, -0.2) is 28.6 Å². The SMILES string of the molecule is CC(C)(C)c1cc(CCC(=O)Nc2cccc3c2NC(C2C(=O)c4c(F)c(F)c(F)c(F)c4C2=O)C=C3)cc(C(C)(C)C)c1O. The molecule has 0 radical (unpaired) electrons. The lowest BCUT2D eigenvalue weighted by molar-refractivity contribution is -0.116. The minimum absolute atomic E-state index is 0.103. The van der Waals surface area contributed by atoms with Crippen molar-refractivity contribution in [2.75, 3.05) is 10.6 Å². The van der Waals surface area contributed by atoms with Crippen LogP contribution in [0.2, 0.25) is 0 Å². The number of phenols is 1. The van der Waals surface area contributed by atoms with Crippen molar-refractivity contribution >= 4 is 34.9 Å². The van der Waals surface area contributed by atoms with Crippen LogP contribution in [0.3, 0.4) is 0 Å². The Morgan fingerprint density at radius 3 is 1.91 bits per heavy atom. The van der Waals surface area contributed by atoms with Gasteiger partial charge in [-0.25, -0.2) is 17.6 Å². The summed E-state index contributed by atoms with van der Waals surface area (Å²) in [6, 6.07) is 7.75. The minimum Gasteiger partial charge on any atom is -0.507 e. The maximum absolute atomic E-state index is 14.5. The Kier molecular flexibility index (Phi) is 7.92. The summed E-state index contributed by atoms with van der Waals surface area (Å²) in [7, 11) is 0. The van der Waals surface area contributed by atoms with Crippen molar-refractivity contribution in [3.63, 3.8) is 0 Å². The van der Waals surface area contributed by atoms with Crippen molar-refractivity contribution in [2.24, 2.45) is 5.92 Å². The molecule has 2 aliphatic rings. The molecule has 10 heteroatoms. The van der Waals surface area contributed by atoms with E-state index < -0.39 is 57.9 Å². The predicted octanol–water partition coefficient (Wildman–Crippen LogP) is 7.62. The highest BCUT2D eigenvalue weighted by Gasteiger charge is 2.49. The van der Waals surface area contributed by atoms with Crippen LogP contribution in [0, 0.1) is 29.2 Å². The molecule has 236 valence electrons. The van der Waals surface area contributed by atoms with Crippen LogP contribution in [0.1, 0.15) is 90.9 Å². The van der Waals surface area contributed by atoms with Crippen molar-refractivity contribution in [1.82, 2.24) is 0 Å². The molecule has 0 bridgehead atoms. The monoisotopic (exact) mass is 622 g/mol. The molecule has 6 nitrogen and oxygen atoms in total. The van der Waals surface area contributed by atoms with Crippen molar-refractivity contribution in [2.45, 2.75) is 71.3 Å². The fourth-order valence-electron chi connectivity index (χ4n) is 5.89. The molecule has 1 atom stereocenters. The summed E-state index contributed by atoms with van der Waals surface area (Å²) < 4.78 is 56.7. The number of halogens is 4. The number of ketones is 2. The molecule has 1 amide bonds. The van der Waals surface area contributed by atoms with Gasteiger partial charge >= 0.3 is 0 Å². The molecule has 1 heterocycles. The number of carbonyl (C=O) groups excluding carboxylic acids is 3. The zero-order chi connectivity index (χ0) is 33.2. The number of hydrogen-bond donors (Lipinski definition) is 3. The van der Waals surface area contributed by atoms with E-state index in [1.54, 1.807) is 24.3 Å². The third-order valence-corrected chi connectivity index (χ3v) is 8.28. The molecule has 3 aromatic rings. The van der Waals surface area contributed by atoms with E-state index in [9.17, 15) is 37.1 Å². The lowest BCUT2D eigenvalue weighted by Gasteiger charge is -2.28. The smallest absolute Gasteiger partial charge is 0.224 e. The number of para-hydroxylation sites is 1. The molecule has 0 aromatic heterocycles. The number of anilines is 2. The van der Waals surface area contributed by atoms with Gasteiger partial charge in [0.1, 0.15) is 11.7 Å². The number of benzene rings is 3. The summed E-state index contributed by atoms with van der Waals surface area (Å²) >= 11 is 0. The summed E-state index contributed by atoms with van der Waals surface area (Å²) in [5, 5.41) is 16.9. The van der Waals surface area contributed by atoms with Crippen molar-refractivity contribution in [1.29, 1.82) is 0 Å². The van der Waals surface area contributed by atoms with Crippen molar-refractivity contribution < 1.29 is 37.1 Å². The first kappa shape index (κ1) is 31.9. The number of aryl methyl sites for hydroxylation is 1. The van der Waals surface area contributed by atoms with Gasteiger partial charge < -0.3 is 15.7 Å². The molecule has 0 fully saturated rings. The Morgan fingerprint density at radius 1 is 0.867 bits per heavy atom. The Labute approximate surface area is 258 Å². The highest BCUT2D eigenvalue weighted by molar-refractivity contribution is 6.27. The number of carbonyl (C=O) groups is 3. The molecule has 3 N–H and O–H groups in total. The van der Waals surface area contributed by atoms with E-state index in [-0.39, 0.29) is 28.9 Å². The average molecular weight is 623 g/mol. The van der Waals surface area contributed by atoms with Gasteiger partial charge in [0.25, 0.3) is 0 Å². The number of Topliss-reactive ketones (excluding diaryl/α,β-unsaturated/α-hetero) is 2. The highest BCUT2D eigenvalue weighted by Crippen LogP contribution is 2.41. The third-order valence-electron chi connectivity index (χ3n) is 8.28. The van der Waals surface area contributed by atoms with Gasteiger partial charge in [-0.15, -0.1) is 0 Å². The Bertz CT molecular complexity index is 1720. The molecule has 0 saturated carbocycles. The second-order valence-electron chi connectivity index (χ2n) is 13.6. The summed E-state index contributed by atoms with van der Waals surface area (Å²) in [5.41, 5.74) is 0.896. The van der Waals surface area contributed by atoms with Crippen LogP contribution in [0.4, 0.5) is 28.9 Å². The topological polar surface area (TPSA) is 95.5 Å². The van der Waals surface area contributed by atoms with Gasteiger partial charge in [0.2, 0.25) is 5.91 Å². The third kappa shape index (κ3) is 5.62. The quantitative estimate of drug-likeness (QED) is 0.118. The van der Waals surface area contributed by atoms with Crippen LogP contribution in [0.5, 0.6) is 5.75 Å². The maximum atomic E-state index is 14.5. The number of rotatable bonds is 5. The van der Waals surface area contributed by atoms with Gasteiger partial charge in [0.15, 0.2) is 34.8 Å². The van der Waals surface area contributed by atoms with Gasteiger partial charge in [-0.05, 0) is 45.6 Å². The van der Waals surface area contributed by atoms with E-state index in [1.807, 2.05) is 53.7 Å². The Morgan fingerprint density at radius 2 is 1.40 bits per heavy atom. The van der Waals surface area contributed by atoms with Crippen LogP contribution < -0.4 is 10.6 Å². The first-order valence-electron chi connectivity index (χ1n) is 14.6. The lowest BCUT2D eigenvalue weighted by Crippen LogP contribution is -2.36. The second kappa shape index (κ2) is 11.2. The molecule has 0 spiro atoms. The van der Waals surface area contributed by atoms with E-state index in [2.05, 4.69) is 10.6 Å². The lowest BCUT2D eigenvalue weighted by atomic mass is 9.78. The molecule has 1 aliphatic heterocycles. The molecule has 45 heavy (non-hydrogen) atoms. The second-order valence-corrected chi connectivity index (χ2v) is 13.6. The molecule has 1 aliphatic carbocycles. The van der Waals surface area contributed by atoms with Crippen LogP contribution >= 0.6 is 0 Å². The Hall–Kier alpha value is -4.47. The number of amides is 1. The van der Waals surface area contributed by atoms with Crippen LogP contribution in [0.25, 0.3) is 6.08 Å². The van der Waals surface area contributed by atoms with E-state index in [4.69, 9.17) is 0 Å². The van der Waals surface area contributed by atoms with Gasteiger partial charge in [0.05, 0.1) is 28.5 Å². The van der Waals surface area contributed by atoms with Crippen LogP contribution in [0.15, 0.2) is 36.4 Å². The standard InChI is InChI=1S/C35H34F4N2O4/c1-34(2,3)18-14-16(15-19(31(18)43)35(4,5)6)10-13-22(42)40-21-9-7-8-17-11-12-20(41-30(17)21)23-32(44)24-25(33(23)45)27(37)29(39)28(38)26(24)36/h7-9,11-12,14-15,20,23,41,43H,10,13H2,1-6H3,(H,40,42). The number of aromatic hydroxyl groups is 1. The first-order valence-corrected chi connectivity index (χ1v) is 14.6. The molecule has 0 saturated heterocycles. The summed E-state index contributed by atoms with van der Waals surface area (Å²) in [6.45, 7) is 12.0. The van der Waals surface area contributed by atoms with Gasteiger partial charge in [-0.2, -0.15) is 0 Å². The summed E-state index contributed by atoms with van der Waals surface area (Å²) in [5.74, 6) is -12.2. The molecule has 3 aromatic carbocycles. The van der Waals surface area contributed by atoms with Gasteiger partial charge in [-0.1, -0.05) is 78.0 Å². The van der Waals surface area contributed by atoms with Crippen LogP contribution in [-0.2, 0) is 22.0 Å². The molecule has 5 rings (SSSR count). The fourth-order valence-corrected chi connectivity index (χ4v) is 5.89. The fraction of sp³-hybridized carbons (Fsp3) is 0.343. The normalized spacial score (nSPS) is 16.4. The number of phenolic OH excluding ortho intramolecular Hbond substituents is 1.